The molecule has 0 radical (unpaired) electrons. The van der Waals surface area contributed by atoms with Crippen LogP contribution in [0, 0.1) is 5.92 Å². The van der Waals surface area contributed by atoms with E-state index >= 15 is 0 Å². The fraction of sp³-hybridized carbons (Fsp3) is 0.750. The Morgan fingerprint density at radius 3 is 2.43 bits per heavy atom. The van der Waals surface area contributed by atoms with E-state index in [4.69, 9.17) is 5.11 Å². The third-order valence-electron chi connectivity index (χ3n) is 2.32. The maximum Gasteiger partial charge on any atom is 0.306 e. The van der Waals surface area contributed by atoms with E-state index in [0.29, 0.717) is 6.42 Å². The molecule has 0 aliphatic carbocycles. The molecule has 0 aliphatic heterocycles. The van der Waals surface area contributed by atoms with Crippen molar-refractivity contribution < 1.29 is 9.90 Å². The van der Waals surface area contributed by atoms with Gasteiger partial charge in [0.2, 0.25) is 0 Å². The minimum atomic E-state index is -0.654. The van der Waals surface area contributed by atoms with Crippen molar-refractivity contribution in [3.63, 3.8) is 0 Å². The third-order valence-corrected chi connectivity index (χ3v) is 2.32. The number of allylic oxidation sites excluding steroid dienone is 2. The lowest BCUT2D eigenvalue weighted by Gasteiger charge is -2.09. The Labute approximate surface area is 87.0 Å². The summed E-state index contributed by atoms with van der Waals surface area (Å²) in [5.74, 6) is -0.838. The van der Waals surface area contributed by atoms with Crippen molar-refractivity contribution in [1.82, 2.24) is 0 Å². The Kier molecular flexibility index (Phi) is 7.17. The Balaban J connectivity index is 3.90. The predicted octanol–water partition coefficient (Wildman–Crippen LogP) is 3.62. The van der Waals surface area contributed by atoms with Crippen molar-refractivity contribution in [3.8, 4) is 0 Å². The van der Waals surface area contributed by atoms with E-state index in [1.165, 1.54) is 5.57 Å². The number of aliphatic carboxylic acids is 1. The van der Waals surface area contributed by atoms with Crippen LogP contribution in [0.5, 0.6) is 0 Å². The third kappa shape index (κ3) is 6.70. The average molecular weight is 198 g/mol. The minimum absolute atomic E-state index is 0.184. The van der Waals surface area contributed by atoms with E-state index in [2.05, 4.69) is 6.92 Å². The molecule has 2 heteroatoms. The van der Waals surface area contributed by atoms with Crippen molar-refractivity contribution in [3.05, 3.63) is 11.6 Å². The van der Waals surface area contributed by atoms with Gasteiger partial charge in [-0.15, -0.1) is 0 Å². The van der Waals surface area contributed by atoms with E-state index in [0.717, 1.165) is 25.7 Å². The molecule has 1 atom stereocenters. The van der Waals surface area contributed by atoms with Crippen LogP contribution in [0.2, 0.25) is 0 Å². The Morgan fingerprint density at radius 1 is 1.36 bits per heavy atom. The first kappa shape index (κ1) is 13.2. The molecule has 0 unspecified atom stereocenters. The number of carbonyl (C=O) groups is 1. The van der Waals surface area contributed by atoms with Crippen LogP contribution in [0.4, 0.5) is 0 Å². The molecule has 0 aromatic rings. The lowest BCUT2D eigenvalue weighted by Crippen LogP contribution is -2.12. The lowest BCUT2D eigenvalue weighted by atomic mass is 9.97. The molecular formula is C12H22O2. The van der Waals surface area contributed by atoms with Crippen LogP contribution in [0.15, 0.2) is 11.6 Å². The zero-order valence-corrected chi connectivity index (χ0v) is 9.55. The SMILES string of the molecule is CCCCC[C@@H](CC=C(C)C)C(=O)O. The van der Waals surface area contributed by atoms with E-state index in [9.17, 15) is 4.79 Å². The Bertz CT molecular complexity index is 190. The van der Waals surface area contributed by atoms with Crippen LogP contribution >= 0.6 is 0 Å². The van der Waals surface area contributed by atoms with E-state index in [1.807, 2.05) is 19.9 Å². The standard InChI is InChI=1S/C12H22O2/c1-4-5-6-7-11(12(13)14)9-8-10(2)3/h8,11H,4-7,9H2,1-3H3,(H,13,14)/t11-/m0/s1. The fourth-order valence-electron chi connectivity index (χ4n) is 1.36. The number of hydrogen-bond donors (Lipinski definition) is 1. The zero-order valence-electron chi connectivity index (χ0n) is 9.55. The Hall–Kier alpha value is -0.790. The van der Waals surface area contributed by atoms with Crippen LogP contribution in [-0.4, -0.2) is 11.1 Å². The van der Waals surface area contributed by atoms with Gasteiger partial charge in [0, 0.05) is 0 Å². The quantitative estimate of drug-likeness (QED) is 0.501. The molecule has 14 heavy (non-hydrogen) atoms. The van der Waals surface area contributed by atoms with Gasteiger partial charge in [-0.05, 0) is 26.7 Å². The molecule has 82 valence electrons. The van der Waals surface area contributed by atoms with Gasteiger partial charge in [0.15, 0.2) is 0 Å². The number of hydrogen-bond acceptors (Lipinski definition) is 1. The fourth-order valence-corrected chi connectivity index (χ4v) is 1.36. The molecule has 0 spiro atoms. The zero-order chi connectivity index (χ0) is 11.0. The van der Waals surface area contributed by atoms with Crippen LogP contribution < -0.4 is 0 Å². The molecule has 0 bridgehead atoms. The number of unbranched alkanes of at least 4 members (excludes halogenated alkanes) is 2. The van der Waals surface area contributed by atoms with Gasteiger partial charge in [-0.25, -0.2) is 0 Å². The van der Waals surface area contributed by atoms with E-state index < -0.39 is 5.97 Å². The molecule has 0 rings (SSSR count). The van der Waals surface area contributed by atoms with Crippen molar-refractivity contribution in [1.29, 1.82) is 0 Å². The maximum atomic E-state index is 10.9. The van der Waals surface area contributed by atoms with E-state index in [1.54, 1.807) is 0 Å². The molecule has 0 aromatic heterocycles. The van der Waals surface area contributed by atoms with Crippen LogP contribution in [0.1, 0.15) is 52.9 Å². The second kappa shape index (κ2) is 7.60. The number of carboxylic acids is 1. The highest BCUT2D eigenvalue weighted by atomic mass is 16.4. The monoisotopic (exact) mass is 198 g/mol. The molecule has 0 saturated carbocycles. The highest BCUT2D eigenvalue weighted by molar-refractivity contribution is 5.70. The predicted molar refractivity (Wildman–Crippen MR) is 59.3 cm³/mol. The first-order valence-electron chi connectivity index (χ1n) is 5.44. The number of rotatable bonds is 7. The van der Waals surface area contributed by atoms with Crippen LogP contribution in [-0.2, 0) is 4.79 Å². The molecule has 0 aromatic carbocycles. The highest BCUT2D eigenvalue weighted by Crippen LogP contribution is 2.15. The summed E-state index contributed by atoms with van der Waals surface area (Å²) in [6.07, 6.45) is 6.83. The molecule has 0 fully saturated rings. The summed E-state index contributed by atoms with van der Waals surface area (Å²) in [6.45, 7) is 6.14. The summed E-state index contributed by atoms with van der Waals surface area (Å²) < 4.78 is 0. The minimum Gasteiger partial charge on any atom is -0.481 e. The van der Waals surface area contributed by atoms with Gasteiger partial charge in [0.1, 0.15) is 0 Å². The van der Waals surface area contributed by atoms with Gasteiger partial charge in [0.05, 0.1) is 5.92 Å². The Morgan fingerprint density at radius 2 is 2.00 bits per heavy atom. The summed E-state index contributed by atoms with van der Waals surface area (Å²) in [5, 5.41) is 8.96. The van der Waals surface area contributed by atoms with Crippen molar-refractivity contribution in [2.45, 2.75) is 52.9 Å². The lowest BCUT2D eigenvalue weighted by molar-refractivity contribution is -0.141. The molecule has 0 saturated heterocycles. The summed E-state index contributed by atoms with van der Waals surface area (Å²) in [4.78, 5) is 10.9. The summed E-state index contributed by atoms with van der Waals surface area (Å²) in [7, 11) is 0. The largest absolute Gasteiger partial charge is 0.481 e. The normalized spacial score (nSPS) is 12.2. The second-order valence-electron chi connectivity index (χ2n) is 4.05. The first-order valence-corrected chi connectivity index (χ1v) is 5.44. The number of carboxylic acid groups (broad SMARTS) is 1. The molecule has 0 amide bonds. The summed E-state index contributed by atoms with van der Waals surface area (Å²) in [5.41, 5.74) is 1.20. The summed E-state index contributed by atoms with van der Waals surface area (Å²) >= 11 is 0. The van der Waals surface area contributed by atoms with Gasteiger partial charge < -0.3 is 5.11 Å². The van der Waals surface area contributed by atoms with Gasteiger partial charge in [-0.2, -0.15) is 0 Å². The van der Waals surface area contributed by atoms with E-state index in [-0.39, 0.29) is 5.92 Å². The first-order chi connectivity index (χ1) is 6.57. The second-order valence-corrected chi connectivity index (χ2v) is 4.05. The van der Waals surface area contributed by atoms with Crippen molar-refractivity contribution >= 4 is 5.97 Å². The van der Waals surface area contributed by atoms with Gasteiger partial charge in [0.25, 0.3) is 0 Å². The van der Waals surface area contributed by atoms with Gasteiger partial charge in [-0.3, -0.25) is 4.79 Å². The summed E-state index contributed by atoms with van der Waals surface area (Å²) in [6, 6.07) is 0. The maximum absolute atomic E-state index is 10.9. The smallest absolute Gasteiger partial charge is 0.306 e. The van der Waals surface area contributed by atoms with Gasteiger partial charge in [-0.1, -0.05) is 37.8 Å². The average Bonchev–Trinajstić information content (AvgIpc) is 2.10. The van der Waals surface area contributed by atoms with Crippen LogP contribution in [0.3, 0.4) is 0 Å². The van der Waals surface area contributed by atoms with Gasteiger partial charge >= 0.3 is 5.97 Å². The van der Waals surface area contributed by atoms with Crippen molar-refractivity contribution in [2.75, 3.05) is 0 Å². The molecule has 0 aliphatic rings. The highest BCUT2D eigenvalue weighted by Gasteiger charge is 2.14. The molecule has 1 N–H and O–H groups in total. The van der Waals surface area contributed by atoms with Crippen LogP contribution in [0.25, 0.3) is 0 Å². The molecule has 0 heterocycles. The molecular weight excluding hydrogens is 176 g/mol. The van der Waals surface area contributed by atoms with Crippen molar-refractivity contribution in [2.24, 2.45) is 5.92 Å². The topological polar surface area (TPSA) is 37.3 Å². The molecule has 2 nitrogen and oxygen atoms in total.